The molecule has 0 radical (unpaired) electrons. The van der Waals surface area contributed by atoms with E-state index in [4.69, 9.17) is 5.73 Å². The minimum atomic E-state index is 0.302. The monoisotopic (exact) mass is 232 g/mol. The summed E-state index contributed by atoms with van der Waals surface area (Å²) in [6.45, 7) is 7.75. The Morgan fingerprint density at radius 1 is 1.12 bits per heavy atom. The van der Waals surface area contributed by atoms with E-state index in [9.17, 15) is 0 Å². The van der Waals surface area contributed by atoms with Crippen molar-refractivity contribution in [2.45, 2.75) is 32.7 Å². The summed E-state index contributed by atoms with van der Waals surface area (Å²) >= 11 is 0. The molecule has 0 saturated carbocycles. The summed E-state index contributed by atoms with van der Waals surface area (Å²) in [5.74, 6) is 0.570. The third-order valence-corrected chi connectivity index (χ3v) is 3.84. The van der Waals surface area contributed by atoms with E-state index in [-0.39, 0.29) is 0 Å². The van der Waals surface area contributed by atoms with Crippen molar-refractivity contribution in [1.82, 2.24) is 4.90 Å². The third kappa shape index (κ3) is 3.30. The highest BCUT2D eigenvalue weighted by Gasteiger charge is 2.17. The van der Waals surface area contributed by atoms with E-state index < -0.39 is 0 Å². The normalized spacial score (nSPS) is 18.8. The first-order valence-electron chi connectivity index (χ1n) is 6.71. The summed E-state index contributed by atoms with van der Waals surface area (Å²) in [5, 5.41) is 0. The lowest BCUT2D eigenvalue weighted by Crippen LogP contribution is -2.41. The van der Waals surface area contributed by atoms with Gasteiger partial charge in [-0.15, -0.1) is 0 Å². The van der Waals surface area contributed by atoms with Crippen LogP contribution in [0.5, 0.6) is 0 Å². The number of nitrogens with two attached hydrogens (primary N) is 1. The molecule has 2 rings (SSSR count). The van der Waals surface area contributed by atoms with Gasteiger partial charge in [-0.25, -0.2) is 0 Å². The molecule has 1 aromatic carbocycles. The molecule has 0 spiro atoms. The Labute approximate surface area is 105 Å². The van der Waals surface area contributed by atoms with E-state index in [1.807, 2.05) is 0 Å². The van der Waals surface area contributed by atoms with Crippen molar-refractivity contribution in [2.24, 2.45) is 11.7 Å². The Hall–Kier alpha value is -0.860. The molecule has 17 heavy (non-hydrogen) atoms. The fraction of sp³-hybridized carbons (Fsp3) is 0.600. The molecule has 1 unspecified atom stereocenters. The number of nitrogens with zero attached hydrogens (tertiary/aromatic N) is 1. The first-order valence-corrected chi connectivity index (χ1v) is 6.71. The van der Waals surface area contributed by atoms with Gasteiger partial charge in [0.15, 0.2) is 0 Å². The van der Waals surface area contributed by atoms with Crippen LogP contribution in [0.2, 0.25) is 0 Å². The molecule has 2 heteroatoms. The van der Waals surface area contributed by atoms with E-state index in [1.54, 1.807) is 0 Å². The molecule has 0 saturated heterocycles. The largest absolute Gasteiger partial charge is 0.326 e. The zero-order chi connectivity index (χ0) is 12.3. The summed E-state index contributed by atoms with van der Waals surface area (Å²) in [4.78, 5) is 2.52. The fourth-order valence-corrected chi connectivity index (χ4v) is 2.41. The first kappa shape index (κ1) is 12.6. The van der Waals surface area contributed by atoms with Gasteiger partial charge in [0.1, 0.15) is 0 Å². The van der Waals surface area contributed by atoms with Gasteiger partial charge in [-0.3, -0.25) is 0 Å². The number of hydrogen-bond donors (Lipinski definition) is 1. The van der Waals surface area contributed by atoms with Crippen LogP contribution in [0.15, 0.2) is 24.3 Å². The van der Waals surface area contributed by atoms with Crippen LogP contribution in [0.4, 0.5) is 0 Å². The second-order valence-corrected chi connectivity index (χ2v) is 5.48. The van der Waals surface area contributed by atoms with Gasteiger partial charge < -0.3 is 10.6 Å². The summed E-state index contributed by atoms with van der Waals surface area (Å²) in [6.07, 6.45) is 2.34. The summed E-state index contributed by atoms with van der Waals surface area (Å²) in [7, 11) is 0. The number of rotatable bonds is 3. The van der Waals surface area contributed by atoms with Crippen LogP contribution in [-0.4, -0.2) is 30.6 Å². The van der Waals surface area contributed by atoms with Crippen LogP contribution in [-0.2, 0) is 12.8 Å². The average molecular weight is 232 g/mol. The fourth-order valence-electron chi connectivity index (χ4n) is 2.41. The molecule has 1 heterocycles. The molecule has 1 atom stereocenters. The molecule has 1 aromatic rings. The van der Waals surface area contributed by atoms with E-state index in [0.717, 1.165) is 19.6 Å². The quantitative estimate of drug-likeness (QED) is 0.864. The van der Waals surface area contributed by atoms with Crippen LogP contribution in [0.3, 0.4) is 0 Å². The molecule has 0 amide bonds. The zero-order valence-corrected chi connectivity index (χ0v) is 11.0. The number of fused-ring (bicyclic) bond motifs is 1. The Morgan fingerprint density at radius 2 is 1.65 bits per heavy atom. The van der Waals surface area contributed by atoms with Crippen LogP contribution >= 0.6 is 0 Å². The number of benzene rings is 1. The van der Waals surface area contributed by atoms with Gasteiger partial charge in [0, 0.05) is 25.7 Å². The Kier molecular flexibility index (Phi) is 4.19. The highest BCUT2D eigenvalue weighted by molar-refractivity contribution is 5.28. The molecule has 0 aliphatic carbocycles. The molecule has 0 aromatic heterocycles. The predicted octanol–water partition coefficient (Wildman–Crippen LogP) is 2.07. The van der Waals surface area contributed by atoms with E-state index in [2.05, 4.69) is 43.0 Å². The molecule has 2 N–H and O–H groups in total. The summed E-state index contributed by atoms with van der Waals surface area (Å²) in [5.41, 5.74) is 9.20. The minimum Gasteiger partial charge on any atom is -0.326 e. The standard InChI is InChI=1S/C15H24N2/c1-12(2)15(16)11-17-9-7-13-5-3-4-6-14(13)8-10-17/h3-6,12,15H,7-11,16H2,1-2H3. The van der Waals surface area contributed by atoms with Crippen LogP contribution in [0.1, 0.15) is 25.0 Å². The van der Waals surface area contributed by atoms with Gasteiger partial charge in [0.2, 0.25) is 0 Å². The van der Waals surface area contributed by atoms with Gasteiger partial charge in [-0.05, 0) is 29.9 Å². The van der Waals surface area contributed by atoms with Crippen molar-refractivity contribution in [3.8, 4) is 0 Å². The van der Waals surface area contributed by atoms with Crippen molar-refractivity contribution in [3.63, 3.8) is 0 Å². The Balaban J connectivity index is 1.95. The van der Waals surface area contributed by atoms with E-state index in [0.29, 0.717) is 12.0 Å². The molecule has 1 aliphatic rings. The lowest BCUT2D eigenvalue weighted by molar-refractivity contribution is 0.248. The van der Waals surface area contributed by atoms with Gasteiger partial charge >= 0.3 is 0 Å². The molecule has 1 aliphatic heterocycles. The predicted molar refractivity (Wildman–Crippen MR) is 73.1 cm³/mol. The van der Waals surface area contributed by atoms with Crippen LogP contribution in [0.25, 0.3) is 0 Å². The highest BCUT2D eigenvalue weighted by Crippen LogP contribution is 2.16. The molecular weight excluding hydrogens is 208 g/mol. The maximum Gasteiger partial charge on any atom is 0.0191 e. The molecule has 0 bridgehead atoms. The van der Waals surface area contributed by atoms with Gasteiger partial charge in [-0.1, -0.05) is 38.1 Å². The van der Waals surface area contributed by atoms with Crippen molar-refractivity contribution < 1.29 is 0 Å². The topological polar surface area (TPSA) is 29.3 Å². The Bertz CT molecular complexity index is 333. The van der Waals surface area contributed by atoms with Crippen molar-refractivity contribution in [3.05, 3.63) is 35.4 Å². The van der Waals surface area contributed by atoms with Gasteiger partial charge in [-0.2, -0.15) is 0 Å². The summed E-state index contributed by atoms with van der Waals surface area (Å²) < 4.78 is 0. The number of hydrogen-bond acceptors (Lipinski definition) is 2. The molecule has 2 nitrogen and oxygen atoms in total. The second-order valence-electron chi connectivity index (χ2n) is 5.48. The van der Waals surface area contributed by atoms with Gasteiger partial charge in [0.25, 0.3) is 0 Å². The van der Waals surface area contributed by atoms with E-state index in [1.165, 1.54) is 24.0 Å². The van der Waals surface area contributed by atoms with E-state index >= 15 is 0 Å². The SMILES string of the molecule is CC(C)C(N)CN1CCc2ccccc2CC1. The third-order valence-electron chi connectivity index (χ3n) is 3.84. The van der Waals surface area contributed by atoms with Crippen molar-refractivity contribution in [2.75, 3.05) is 19.6 Å². The Morgan fingerprint density at radius 3 is 2.12 bits per heavy atom. The highest BCUT2D eigenvalue weighted by atomic mass is 15.1. The zero-order valence-electron chi connectivity index (χ0n) is 11.0. The first-order chi connectivity index (χ1) is 8.16. The average Bonchev–Trinajstić information content (AvgIpc) is 2.52. The van der Waals surface area contributed by atoms with Crippen LogP contribution < -0.4 is 5.73 Å². The maximum atomic E-state index is 6.16. The van der Waals surface area contributed by atoms with Crippen molar-refractivity contribution in [1.29, 1.82) is 0 Å². The smallest absolute Gasteiger partial charge is 0.0191 e. The lowest BCUT2D eigenvalue weighted by atomic mass is 10.0. The molecule has 94 valence electrons. The van der Waals surface area contributed by atoms with Crippen LogP contribution in [0, 0.1) is 5.92 Å². The second kappa shape index (κ2) is 5.65. The van der Waals surface area contributed by atoms with Gasteiger partial charge in [0.05, 0.1) is 0 Å². The lowest BCUT2D eigenvalue weighted by Gasteiger charge is -2.25. The van der Waals surface area contributed by atoms with Crippen molar-refractivity contribution >= 4 is 0 Å². The minimum absolute atomic E-state index is 0.302. The maximum absolute atomic E-state index is 6.16. The molecule has 0 fully saturated rings. The summed E-state index contributed by atoms with van der Waals surface area (Å²) in [6, 6.07) is 9.13. The molecular formula is C15H24N2.